The van der Waals surface area contributed by atoms with Gasteiger partial charge in [-0.2, -0.15) is 0 Å². The van der Waals surface area contributed by atoms with Gasteiger partial charge in [0.2, 0.25) is 5.91 Å². The Morgan fingerprint density at radius 2 is 1.89 bits per heavy atom. The molecule has 0 saturated heterocycles. The van der Waals surface area contributed by atoms with Crippen LogP contribution in [0.5, 0.6) is 0 Å². The van der Waals surface area contributed by atoms with Gasteiger partial charge in [-0.25, -0.2) is 0 Å². The number of rotatable bonds is 7. The number of carbonyl (C=O) groups is 1. The molecule has 0 aliphatic rings. The minimum absolute atomic E-state index is 0.0643. The largest absolute Gasteiger partial charge is 0.355 e. The lowest BCUT2D eigenvalue weighted by atomic mass is 10.1. The van der Waals surface area contributed by atoms with Crippen LogP contribution in [0.1, 0.15) is 38.8 Å². The fraction of sp³-hybridized carbons (Fsp3) is 0.533. The van der Waals surface area contributed by atoms with Crippen molar-refractivity contribution in [2.24, 2.45) is 0 Å². The fourth-order valence-corrected chi connectivity index (χ4v) is 2.25. The molecule has 0 saturated carbocycles. The molecular formula is C15H24N2OS. The number of thioether (sulfide) groups is 1. The first-order valence-electron chi connectivity index (χ1n) is 6.76. The predicted molar refractivity (Wildman–Crippen MR) is 82.5 cm³/mol. The molecule has 1 rings (SSSR count). The number of benzene rings is 1. The van der Waals surface area contributed by atoms with Gasteiger partial charge in [-0.15, -0.1) is 11.8 Å². The van der Waals surface area contributed by atoms with E-state index in [0.717, 1.165) is 13.0 Å². The molecule has 2 unspecified atom stereocenters. The lowest BCUT2D eigenvalue weighted by molar-refractivity contribution is -0.122. The van der Waals surface area contributed by atoms with Crippen molar-refractivity contribution in [1.29, 1.82) is 0 Å². The minimum atomic E-state index is -0.179. The summed E-state index contributed by atoms with van der Waals surface area (Å²) in [5.74, 6) is 0.0643. The molecule has 0 spiro atoms. The zero-order chi connectivity index (χ0) is 14.3. The van der Waals surface area contributed by atoms with E-state index in [1.807, 2.05) is 13.8 Å². The molecule has 0 bridgehead atoms. The second-order valence-electron chi connectivity index (χ2n) is 4.67. The third kappa shape index (κ3) is 5.25. The van der Waals surface area contributed by atoms with Gasteiger partial charge in [0.25, 0.3) is 0 Å². The van der Waals surface area contributed by atoms with Crippen molar-refractivity contribution >= 4 is 17.7 Å². The van der Waals surface area contributed by atoms with E-state index in [9.17, 15) is 4.79 Å². The highest BCUT2D eigenvalue weighted by Gasteiger charge is 2.15. The molecule has 0 fully saturated rings. The van der Waals surface area contributed by atoms with Crippen molar-refractivity contribution in [3.63, 3.8) is 0 Å². The van der Waals surface area contributed by atoms with E-state index >= 15 is 0 Å². The van der Waals surface area contributed by atoms with Gasteiger partial charge in [0.05, 0.1) is 6.04 Å². The number of hydrogen-bond donors (Lipinski definition) is 2. The summed E-state index contributed by atoms with van der Waals surface area (Å²) < 4.78 is 0. The summed E-state index contributed by atoms with van der Waals surface area (Å²) in [6.07, 6.45) is 3.03. The highest BCUT2D eigenvalue weighted by molar-refractivity contribution is 7.98. The lowest BCUT2D eigenvalue weighted by Gasteiger charge is -2.20. The van der Waals surface area contributed by atoms with E-state index in [0.29, 0.717) is 0 Å². The molecule has 1 amide bonds. The normalized spacial score (nSPS) is 13.9. The quantitative estimate of drug-likeness (QED) is 0.755. The molecule has 0 radical (unpaired) electrons. The second kappa shape index (κ2) is 8.23. The first kappa shape index (κ1) is 16.1. The summed E-state index contributed by atoms with van der Waals surface area (Å²) >= 11 is 1.73. The van der Waals surface area contributed by atoms with Crippen molar-refractivity contribution in [3.8, 4) is 0 Å². The molecule has 1 aromatic carbocycles. The van der Waals surface area contributed by atoms with Gasteiger partial charge >= 0.3 is 0 Å². The third-order valence-corrected chi connectivity index (χ3v) is 3.80. The van der Waals surface area contributed by atoms with Crippen LogP contribution in [0.15, 0.2) is 29.2 Å². The summed E-state index contributed by atoms with van der Waals surface area (Å²) in [4.78, 5) is 13.0. The zero-order valence-corrected chi connectivity index (χ0v) is 13.0. The van der Waals surface area contributed by atoms with Gasteiger partial charge in [-0.3, -0.25) is 10.1 Å². The lowest BCUT2D eigenvalue weighted by Crippen LogP contribution is -2.43. The van der Waals surface area contributed by atoms with Crippen LogP contribution in [0, 0.1) is 0 Å². The maximum absolute atomic E-state index is 11.8. The van der Waals surface area contributed by atoms with Gasteiger partial charge < -0.3 is 5.32 Å². The highest BCUT2D eigenvalue weighted by Crippen LogP contribution is 2.19. The van der Waals surface area contributed by atoms with Gasteiger partial charge in [0, 0.05) is 17.5 Å². The summed E-state index contributed by atoms with van der Waals surface area (Å²) in [7, 11) is 0. The molecule has 2 atom stereocenters. The Labute approximate surface area is 120 Å². The van der Waals surface area contributed by atoms with E-state index < -0.39 is 0 Å². The van der Waals surface area contributed by atoms with Crippen molar-refractivity contribution in [1.82, 2.24) is 10.6 Å². The smallest absolute Gasteiger partial charge is 0.236 e. The van der Waals surface area contributed by atoms with Crippen LogP contribution in [0.4, 0.5) is 0 Å². The summed E-state index contributed by atoms with van der Waals surface area (Å²) in [6.45, 7) is 6.77. The maximum atomic E-state index is 11.8. The Morgan fingerprint density at radius 1 is 1.26 bits per heavy atom. The molecule has 0 aliphatic carbocycles. The van der Waals surface area contributed by atoms with Crippen molar-refractivity contribution in [3.05, 3.63) is 29.8 Å². The SMILES string of the molecule is CCCNC(=O)C(C)NC(C)c1ccc(SC)cc1. The van der Waals surface area contributed by atoms with E-state index in [1.165, 1.54) is 10.5 Å². The Morgan fingerprint density at radius 3 is 2.42 bits per heavy atom. The van der Waals surface area contributed by atoms with Gasteiger partial charge in [-0.1, -0.05) is 19.1 Å². The van der Waals surface area contributed by atoms with Gasteiger partial charge in [-0.05, 0) is 44.2 Å². The van der Waals surface area contributed by atoms with E-state index in [2.05, 4.69) is 48.1 Å². The molecule has 2 N–H and O–H groups in total. The van der Waals surface area contributed by atoms with Crippen LogP contribution >= 0.6 is 11.8 Å². The molecular weight excluding hydrogens is 256 g/mol. The third-order valence-electron chi connectivity index (χ3n) is 3.06. The zero-order valence-electron chi connectivity index (χ0n) is 12.2. The summed E-state index contributed by atoms with van der Waals surface area (Å²) in [5.41, 5.74) is 1.20. The fourth-order valence-electron chi connectivity index (χ4n) is 1.84. The molecule has 106 valence electrons. The monoisotopic (exact) mass is 280 g/mol. The standard InChI is InChI=1S/C15H24N2OS/c1-5-10-16-15(18)12(3)17-11(2)13-6-8-14(19-4)9-7-13/h6-9,11-12,17H,5,10H2,1-4H3,(H,16,18). The van der Waals surface area contributed by atoms with Crippen molar-refractivity contribution in [2.75, 3.05) is 12.8 Å². The van der Waals surface area contributed by atoms with Gasteiger partial charge in [0.1, 0.15) is 0 Å². The Balaban J connectivity index is 2.52. The minimum Gasteiger partial charge on any atom is -0.355 e. The number of nitrogens with one attached hydrogen (secondary N) is 2. The number of carbonyl (C=O) groups excluding carboxylic acids is 1. The van der Waals surface area contributed by atoms with Crippen LogP contribution in [0.3, 0.4) is 0 Å². The predicted octanol–water partition coefficient (Wildman–Crippen LogP) is 2.97. The second-order valence-corrected chi connectivity index (χ2v) is 5.55. The van der Waals surface area contributed by atoms with Gasteiger partial charge in [0.15, 0.2) is 0 Å². The summed E-state index contributed by atoms with van der Waals surface area (Å²) in [5, 5.41) is 6.23. The van der Waals surface area contributed by atoms with Crippen molar-refractivity contribution < 1.29 is 4.79 Å². The van der Waals surface area contributed by atoms with Crippen LogP contribution in [-0.4, -0.2) is 24.7 Å². The molecule has 19 heavy (non-hydrogen) atoms. The maximum Gasteiger partial charge on any atom is 0.236 e. The van der Waals surface area contributed by atoms with Crippen LogP contribution < -0.4 is 10.6 Å². The molecule has 4 heteroatoms. The average Bonchev–Trinajstić information content (AvgIpc) is 2.44. The van der Waals surface area contributed by atoms with Crippen LogP contribution in [0.2, 0.25) is 0 Å². The number of amides is 1. The van der Waals surface area contributed by atoms with E-state index in [-0.39, 0.29) is 18.0 Å². The van der Waals surface area contributed by atoms with Crippen LogP contribution in [-0.2, 0) is 4.79 Å². The topological polar surface area (TPSA) is 41.1 Å². The Bertz CT molecular complexity index is 392. The highest BCUT2D eigenvalue weighted by atomic mass is 32.2. The van der Waals surface area contributed by atoms with E-state index in [4.69, 9.17) is 0 Å². The van der Waals surface area contributed by atoms with E-state index in [1.54, 1.807) is 11.8 Å². The molecule has 0 aromatic heterocycles. The molecule has 0 aliphatic heterocycles. The Kier molecular flexibility index (Phi) is 6.95. The first-order valence-corrected chi connectivity index (χ1v) is 7.98. The van der Waals surface area contributed by atoms with Crippen LogP contribution in [0.25, 0.3) is 0 Å². The van der Waals surface area contributed by atoms with Crippen molar-refractivity contribution in [2.45, 2.75) is 44.2 Å². The molecule has 1 aromatic rings. The average molecular weight is 280 g/mol. The Hall–Kier alpha value is -1.00. The summed E-state index contributed by atoms with van der Waals surface area (Å²) in [6, 6.07) is 8.43. The number of hydrogen-bond acceptors (Lipinski definition) is 3. The molecule has 0 heterocycles. The first-order chi connectivity index (χ1) is 9.08. The molecule has 3 nitrogen and oxygen atoms in total.